The van der Waals surface area contributed by atoms with Crippen molar-refractivity contribution in [2.24, 2.45) is 0 Å². The number of fused-ring (bicyclic) bond motifs is 1. The van der Waals surface area contributed by atoms with E-state index in [1.807, 2.05) is 42.5 Å². The van der Waals surface area contributed by atoms with Crippen molar-refractivity contribution in [2.45, 2.75) is 19.6 Å². The van der Waals surface area contributed by atoms with Gasteiger partial charge in [-0.1, -0.05) is 12.1 Å². The predicted molar refractivity (Wildman–Crippen MR) is 155 cm³/mol. The number of piperazine rings is 1. The summed E-state index contributed by atoms with van der Waals surface area (Å²) in [5.41, 5.74) is 6.67. The number of aliphatic hydroxyl groups is 1. The Morgan fingerprint density at radius 1 is 1.02 bits per heavy atom. The summed E-state index contributed by atoms with van der Waals surface area (Å²) >= 11 is 0. The van der Waals surface area contributed by atoms with E-state index in [4.69, 9.17) is 9.72 Å². The van der Waals surface area contributed by atoms with Gasteiger partial charge in [-0.05, 0) is 42.8 Å². The smallest absolute Gasteiger partial charge is 0.137 e. The number of ether oxygens (including phenoxy) is 1. The number of rotatable bonds is 8. The molecule has 0 radical (unpaired) electrons. The molecule has 40 heavy (non-hydrogen) atoms. The fraction of sp³-hybridized carbons (Fsp3) is 0.290. The van der Waals surface area contributed by atoms with Gasteiger partial charge in [0.15, 0.2) is 0 Å². The lowest BCUT2D eigenvalue weighted by Crippen LogP contribution is -2.48. The van der Waals surface area contributed by atoms with Gasteiger partial charge < -0.3 is 19.7 Å². The summed E-state index contributed by atoms with van der Waals surface area (Å²) < 4.78 is 21.3. The third-order valence-corrected chi connectivity index (χ3v) is 7.46. The van der Waals surface area contributed by atoms with Crippen LogP contribution in [0.25, 0.3) is 33.3 Å². The molecular weight excluding hydrogens is 507 g/mol. The van der Waals surface area contributed by atoms with Crippen LogP contribution in [-0.2, 0) is 6.54 Å². The zero-order valence-electron chi connectivity index (χ0n) is 22.7. The monoisotopic (exact) mass is 540 g/mol. The standard InChI is InChI=1S/C31H33FN6O2/c1-21(39)18-36-8-10-37(11-9-36)26-6-7-27(30(14-26)40-2)23-13-28-29(17-34-31(28)33-15-23)24-16-35-38(20-24)19-22-4-3-5-25(32)12-22/h3-7,12-17,20-21,39H,8-11,18-19H2,1-2H3,(H,33,34)/t21-/m0/s1. The van der Waals surface area contributed by atoms with E-state index in [0.717, 1.165) is 76.5 Å². The van der Waals surface area contributed by atoms with Crippen molar-refractivity contribution >= 4 is 16.7 Å². The van der Waals surface area contributed by atoms with Crippen LogP contribution >= 0.6 is 0 Å². The first kappa shape index (κ1) is 26.0. The number of pyridine rings is 1. The normalized spacial score (nSPS) is 15.1. The topological polar surface area (TPSA) is 82.4 Å². The van der Waals surface area contributed by atoms with Gasteiger partial charge in [-0.25, -0.2) is 9.37 Å². The molecule has 0 spiro atoms. The Labute approximate surface area is 232 Å². The second-order valence-corrected chi connectivity index (χ2v) is 10.4. The van der Waals surface area contributed by atoms with E-state index in [1.54, 1.807) is 13.2 Å². The summed E-state index contributed by atoms with van der Waals surface area (Å²) in [4.78, 5) is 12.6. The van der Waals surface area contributed by atoms with Gasteiger partial charge in [0.2, 0.25) is 0 Å². The minimum atomic E-state index is -0.311. The molecule has 3 aromatic heterocycles. The van der Waals surface area contributed by atoms with Crippen LogP contribution in [0.15, 0.2) is 73.3 Å². The Bertz CT molecular complexity index is 1620. The van der Waals surface area contributed by atoms with E-state index in [2.05, 4.69) is 44.1 Å². The average Bonchev–Trinajstić information content (AvgIpc) is 3.59. The zero-order chi connectivity index (χ0) is 27.6. The predicted octanol–water partition coefficient (Wildman–Crippen LogP) is 4.79. The lowest BCUT2D eigenvalue weighted by Gasteiger charge is -2.36. The molecule has 206 valence electrons. The van der Waals surface area contributed by atoms with E-state index >= 15 is 0 Å². The summed E-state index contributed by atoms with van der Waals surface area (Å²) in [7, 11) is 1.70. The van der Waals surface area contributed by atoms with Gasteiger partial charge >= 0.3 is 0 Å². The second-order valence-electron chi connectivity index (χ2n) is 10.4. The number of anilines is 1. The Hall–Kier alpha value is -4.21. The van der Waals surface area contributed by atoms with E-state index in [9.17, 15) is 9.50 Å². The fourth-order valence-corrected chi connectivity index (χ4v) is 5.48. The lowest BCUT2D eigenvalue weighted by atomic mass is 10.0. The van der Waals surface area contributed by atoms with Crippen LogP contribution in [0.4, 0.5) is 10.1 Å². The largest absolute Gasteiger partial charge is 0.496 e. The molecule has 0 bridgehead atoms. The highest BCUT2D eigenvalue weighted by Crippen LogP contribution is 2.37. The van der Waals surface area contributed by atoms with Gasteiger partial charge in [-0.3, -0.25) is 9.58 Å². The number of nitrogens with one attached hydrogen (secondary N) is 1. The van der Waals surface area contributed by atoms with E-state index in [-0.39, 0.29) is 11.9 Å². The average molecular weight is 541 g/mol. The Balaban J connectivity index is 1.24. The molecule has 0 aliphatic carbocycles. The highest BCUT2D eigenvalue weighted by Gasteiger charge is 2.20. The van der Waals surface area contributed by atoms with Crippen molar-refractivity contribution in [1.29, 1.82) is 0 Å². The van der Waals surface area contributed by atoms with Crippen LogP contribution in [0.2, 0.25) is 0 Å². The number of aliphatic hydroxyl groups excluding tert-OH is 1. The molecule has 8 nitrogen and oxygen atoms in total. The molecule has 6 rings (SSSR count). The zero-order valence-corrected chi connectivity index (χ0v) is 22.7. The molecule has 9 heteroatoms. The third-order valence-electron chi connectivity index (χ3n) is 7.46. The highest BCUT2D eigenvalue weighted by molar-refractivity contribution is 5.96. The maximum Gasteiger partial charge on any atom is 0.137 e. The van der Waals surface area contributed by atoms with Crippen LogP contribution in [-0.4, -0.2) is 75.7 Å². The molecule has 5 aromatic rings. The molecule has 1 aliphatic rings. The number of hydrogen-bond donors (Lipinski definition) is 2. The molecule has 0 amide bonds. The Morgan fingerprint density at radius 2 is 1.88 bits per heavy atom. The lowest BCUT2D eigenvalue weighted by molar-refractivity contribution is 0.122. The first-order valence-corrected chi connectivity index (χ1v) is 13.5. The molecular formula is C31H33FN6O2. The van der Waals surface area contributed by atoms with Gasteiger partial charge in [0.25, 0.3) is 0 Å². The quantitative estimate of drug-likeness (QED) is 0.295. The molecule has 0 saturated carbocycles. The minimum Gasteiger partial charge on any atom is -0.496 e. The van der Waals surface area contributed by atoms with Crippen molar-refractivity contribution in [3.8, 4) is 28.0 Å². The molecule has 4 heterocycles. The molecule has 0 unspecified atom stereocenters. The van der Waals surface area contributed by atoms with E-state index in [1.165, 1.54) is 12.1 Å². The summed E-state index contributed by atoms with van der Waals surface area (Å²) in [5, 5.41) is 15.2. The summed E-state index contributed by atoms with van der Waals surface area (Å²) in [5.74, 6) is 0.545. The van der Waals surface area contributed by atoms with E-state index in [0.29, 0.717) is 13.1 Å². The number of β-amino-alcohol motifs (C(OH)–C–C–N with tert-alkyl or cyclic N) is 1. The van der Waals surface area contributed by atoms with Crippen molar-refractivity contribution in [1.82, 2.24) is 24.6 Å². The highest BCUT2D eigenvalue weighted by atomic mass is 19.1. The maximum atomic E-state index is 13.6. The molecule has 1 fully saturated rings. The number of aromatic amines is 1. The second kappa shape index (κ2) is 11.1. The van der Waals surface area contributed by atoms with Crippen molar-refractivity contribution in [2.75, 3.05) is 44.7 Å². The third kappa shape index (κ3) is 5.43. The summed E-state index contributed by atoms with van der Waals surface area (Å²) in [6.07, 6.45) is 7.29. The minimum absolute atomic E-state index is 0.251. The molecule has 2 N–H and O–H groups in total. The van der Waals surface area contributed by atoms with Crippen LogP contribution in [0, 0.1) is 5.82 Å². The summed E-state index contributed by atoms with van der Waals surface area (Å²) in [6, 6.07) is 15.0. The maximum absolute atomic E-state index is 13.6. The van der Waals surface area contributed by atoms with Crippen molar-refractivity contribution in [3.63, 3.8) is 0 Å². The first-order valence-electron chi connectivity index (χ1n) is 13.5. The van der Waals surface area contributed by atoms with Gasteiger partial charge in [-0.2, -0.15) is 5.10 Å². The number of aromatic nitrogens is 4. The van der Waals surface area contributed by atoms with Crippen LogP contribution < -0.4 is 9.64 Å². The number of benzene rings is 2. The number of methoxy groups -OCH3 is 1. The van der Waals surface area contributed by atoms with Gasteiger partial charge in [0, 0.05) is 90.7 Å². The van der Waals surface area contributed by atoms with Gasteiger partial charge in [0.05, 0.1) is 26.0 Å². The number of hydrogen-bond acceptors (Lipinski definition) is 6. The Kier molecular flexibility index (Phi) is 7.23. The molecule has 2 aromatic carbocycles. The van der Waals surface area contributed by atoms with Crippen molar-refractivity contribution in [3.05, 3.63) is 84.7 Å². The number of halogens is 1. The van der Waals surface area contributed by atoms with Crippen LogP contribution in [0.5, 0.6) is 5.75 Å². The Morgan fingerprint density at radius 3 is 2.65 bits per heavy atom. The SMILES string of the molecule is COc1cc(N2CCN(C[C@H](C)O)CC2)ccc1-c1cnc2[nH]cc(-c3cnn(Cc4cccc(F)c4)c3)c2c1. The molecule has 1 atom stereocenters. The van der Waals surface area contributed by atoms with Crippen LogP contribution in [0.3, 0.4) is 0 Å². The van der Waals surface area contributed by atoms with Gasteiger partial charge in [-0.15, -0.1) is 0 Å². The number of H-pyrrole nitrogens is 1. The van der Waals surface area contributed by atoms with Gasteiger partial charge in [0.1, 0.15) is 17.2 Å². The number of nitrogens with zero attached hydrogens (tertiary/aromatic N) is 5. The van der Waals surface area contributed by atoms with Crippen molar-refractivity contribution < 1.29 is 14.2 Å². The summed E-state index contributed by atoms with van der Waals surface area (Å²) in [6.45, 7) is 6.68. The van der Waals surface area contributed by atoms with E-state index < -0.39 is 0 Å². The first-order chi connectivity index (χ1) is 19.5. The molecule has 1 aliphatic heterocycles. The fourth-order valence-electron chi connectivity index (χ4n) is 5.48. The molecule has 1 saturated heterocycles. The van der Waals surface area contributed by atoms with Crippen LogP contribution in [0.1, 0.15) is 12.5 Å².